The molecule has 1 aliphatic rings. The third-order valence-corrected chi connectivity index (χ3v) is 5.88. The number of nitrogens with one attached hydrogen (secondary N) is 1. The zero-order valence-corrected chi connectivity index (χ0v) is 18.7. The molecule has 11 heteroatoms. The number of anilines is 1. The molecule has 1 N–H and O–H groups in total. The summed E-state index contributed by atoms with van der Waals surface area (Å²) in [5, 5.41) is 0. The summed E-state index contributed by atoms with van der Waals surface area (Å²) in [7, 11) is -3.41. The molecule has 1 saturated heterocycles. The lowest BCUT2D eigenvalue weighted by atomic mass is 10.1. The van der Waals surface area contributed by atoms with Gasteiger partial charge in [-0.2, -0.15) is 0 Å². The molecule has 2 aromatic rings. The molecule has 2 aromatic heterocycles. The van der Waals surface area contributed by atoms with E-state index >= 15 is 0 Å². The summed E-state index contributed by atoms with van der Waals surface area (Å²) in [6.07, 6.45) is 6.49. The first-order chi connectivity index (χ1) is 14.6. The Hall–Kier alpha value is -2.37. The lowest BCUT2D eigenvalue weighted by Gasteiger charge is -2.33. The molecule has 0 spiro atoms. The fourth-order valence-corrected chi connectivity index (χ4v) is 4.11. The Bertz CT molecular complexity index is 1050. The maximum Gasteiger partial charge on any atom is 0.253 e. The summed E-state index contributed by atoms with van der Waals surface area (Å²) < 4.78 is 46.3. The van der Waals surface area contributed by atoms with Gasteiger partial charge in [0.2, 0.25) is 16.0 Å². The number of nitrogens with zero attached hydrogens (tertiary/aromatic N) is 4. The highest BCUT2D eigenvalue weighted by molar-refractivity contribution is 7.88. The molecule has 0 radical (unpaired) electrons. The van der Waals surface area contributed by atoms with Crippen LogP contribution in [0, 0.1) is 19.7 Å². The van der Waals surface area contributed by atoms with Crippen LogP contribution in [0.3, 0.4) is 0 Å². The molecule has 1 fully saturated rings. The Labute approximate surface area is 181 Å². The van der Waals surface area contributed by atoms with Crippen molar-refractivity contribution in [3.05, 3.63) is 52.0 Å². The zero-order valence-electron chi connectivity index (χ0n) is 17.9. The second-order valence-corrected chi connectivity index (χ2v) is 9.74. The average Bonchev–Trinajstić information content (AvgIpc) is 2.71. The maximum absolute atomic E-state index is 13.0. The minimum absolute atomic E-state index is 0.0426. The van der Waals surface area contributed by atoms with Gasteiger partial charge in [-0.1, -0.05) is 0 Å². The molecule has 170 valence electrons. The molecule has 0 unspecified atom stereocenters. The second-order valence-electron chi connectivity index (χ2n) is 7.91. The van der Waals surface area contributed by atoms with Crippen molar-refractivity contribution in [3.63, 3.8) is 0 Å². The van der Waals surface area contributed by atoms with Crippen molar-refractivity contribution in [1.82, 2.24) is 19.3 Å². The van der Waals surface area contributed by atoms with Crippen molar-refractivity contribution in [2.75, 3.05) is 37.4 Å². The molecule has 31 heavy (non-hydrogen) atoms. The number of hydrogen-bond donors (Lipinski definition) is 1. The average molecular weight is 454 g/mol. The Morgan fingerprint density at radius 1 is 1.26 bits per heavy atom. The molecule has 0 saturated carbocycles. The van der Waals surface area contributed by atoms with Crippen LogP contribution in [0.25, 0.3) is 0 Å². The van der Waals surface area contributed by atoms with Gasteiger partial charge in [-0.15, -0.1) is 0 Å². The molecule has 1 atom stereocenters. The molecule has 0 amide bonds. The Balaban J connectivity index is 1.64. The number of sulfonamides is 1. The van der Waals surface area contributed by atoms with E-state index in [-0.39, 0.29) is 24.8 Å². The highest BCUT2D eigenvalue weighted by Gasteiger charge is 2.24. The molecule has 3 rings (SSSR count). The Morgan fingerprint density at radius 2 is 1.90 bits per heavy atom. The van der Waals surface area contributed by atoms with E-state index in [0.29, 0.717) is 37.4 Å². The van der Waals surface area contributed by atoms with Gasteiger partial charge in [-0.25, -0.2) is 27.5 Å². The molecule has 0 aliphatic carbocycles. The fourth-order valence-electron chi connectivity index (χ4n) is 3.62. The van der Waals surface area contributed by atoms with Crippen molar-refractivity contribution in [2.45, 2.75) is 38.8 Å². The number of ether oxygens (including phenoxy) is 1. The van der Waals surface area contributed by atoms with E-state index < -0.39 is 21.9 Å². The van der Waals surface area contributed by atoms with Crippen molar-refractivity contribution < 1.29 is 17.5 Å². The van der Waals surface area contributed by atoms with Crippen LogP contribution < -0.4 is 15.2 Å². The number of halogens is 1. The molecule has 1 aliphatic heterocycles. The number of pyridine rings is 1. The number of hydrogen-bond acceptors (Lipinski definition) is 7. The molecule has 9 nitrogen and oxygen atoms in total. The van der Waals surface area contributed by atoms with Crippen LogP contribution in [-0.2, 0) is 14.8 Å². The van der Waals surface area contributed by atoms with Gasteiger partial charge >= 0.3 is 0 Å². The third-order valence-electron chi connectivity index (χ3n) is 5.19. The fraction of sp³-hybridized carbons (Fsp3) is 0.550. The summed E-state index contributed by atoms with van der Waals surface area (Å²) in [6, 6.07) is 1.33. The second kappa shape index (κ2) is 9.84. The number of rotatable bonds is 8. The van der Waals surface area contributed by atoms with Crippen LogP contribution in [0.4, 0.5) is 10.3 Å². The monoisotopic (exact) mass is 453 g/mol. The highest BCUT2D eigenvalue weighted by Crippen LogP contribution is 2.19. The van der Waals surface area contributed by atoms with Gasteiger partial charge in [0.15, 0.2) is 5.82 Å². The van der Waals surface area contributed by atoms with Crippen molar-refractivity contribution >= 4 is 16.0 Å². The zero-order chi connectivity index (χ0) is 22.6. The van der Waals surface area contributed by atoms with Crippen LogP contribution in [0.5, 0.6) is 0 Å². The van der Waals surface area contributed by atoms with E-state index in [2.05, 4.69) is 14.7 Å². The largest absolute Gasteiger partial charge is 0.376 e. The third kappa shape index (κ3) is 6.55. The van der Waals surface area contributed by atoms with E-state index in [1.165, 1.54) is 0 Å². The topological polar surface area (TPSA) is 106 Å². The normalized spacial score (nSPS) is 16.5. The molecule has 0 aromatic carbocycles. The molecular formula is C20H28FN5O4S. The molecule has 3 heterocycles. The van der Waals surface area contributed by atoms with Gasteiger partial charge in [0.25, 0.3) is 5.56 Å². The summed E-state index contributed by atoms with van der Waals surface area (Å²) in [4.78, 5) is 22.6. The van der Waals surface area contributed by atoms with Gasteiger partial charge in [-0.05, 0) is 38.3 Å². The predicted octanol–water partition coefficient (Wildman–Crippen LogP) is 1.17. The predicted molar refractivity (Wildman–Crippen MR) is 115 cm³/mol. The van der Waals surface area contributed by atoms with Gasteiger partial charge < -0.3 is 14.2 Å². The number of aromatic nitrogens is 3. The summed E-state index contributed by atoms with van der Waals surface area (Å²) >= 11 is 0. The summed E-state index contributed by atoms with van der Waals surface area (Å²) in [5.74, 6) is 0.00853. The van der Waals surface area contributed by atoms with Gasteiger partial charge in [0, 0.05) is 31.4 Å². The standard InChI is InChI=1S/C20H28FN5O4S/c1-14-8-15(2)19(27)26(12-14)17(11-24-31(3,28)29)13-30-18-4-6-25(7-5-18)20-22-9-16(21)10-23-20/h8-10,12,17-18,24H,4-7,11,13H2,1-3H3/t17-/m1/s1. The van der Waals surface area contributed by atoms with Gasteiger partial charge in [0.1, 0.15) is 0 Å². The highest BCUT2D eigenvalue weighted by atomic mass is 32.2. The maximum atomic E-state index is 13.0. The van der Waals surface area contributed by atoms with Crippen LogP contribution in [-0.4, -0.2) is 61.6 Å². The first-order valence-electron chi connectivity index (χ1n) is 10.1. The van der Waals surface area contributed by atoms with E-state index in [1.807, 2.05) is 11.8 Å². The minimum atomic E-state index is -3.41. The SMILES string of the molecule is Cc1cc(C)c(=O)n([C@H](CNS(C)(=O)=O)COC2CCN(c3ncc(F)cn3)CC2)c1. The van der Waals surface area contributed by atoms with Gasteiger partial charge in [0.05, 0.1) is 37.4 Å². The molecular weight excluding hydrogens is 425 g/mol. The van der Waals surface area contributed by atoms with E-state index in [9.17, 15) is 17.6 Å². The Morgan fingerprint density at radius 3 is 2.52 bits per heavy atom. The van der Waals surface area contributed by atoms with E-state index in [1.54, 1.807) is 23.8 Å². The van der Waals surface area contributed by atoms with Gasteiger partial charge in [-0.3, -0.25) is 4.79 Å². The number of piperidine rings is 1. The van der Waals surface area contributed by atoms with Crippen LogP contribution in [0.2, 0.25) is 0 Å². The van der Waals surface area contributed by atoms with Crippen LogP contribution in [0.15, 0.2) is 29.5 Å². The van der Waals surface area contributed by atoms with Crippen molar-refractivity contribution in [2.24, 2.45) is 0 Å². The van der Waals surface area contributed by atoms with Crippen LogP contribution >= 0.6 is 0 Å². The minimum Gasteiger partial charge on any atom is -0.376 e. The van der Waals surface area contributed by atoms with Crippen molar-refractivity contribution in [3.8, 4) is 0 Å². The van der Waals surface area contributed by atoms with Crippen LogP contribution in [0.1, 0.15) is 30.0 Å². The van der Waals surface area contributed by atoms with Crippen molar-refractivity contribution in [1.29, 1.82) is 0 Å². The van der Waals surface area contributed by atoms with E-state index in [4.69, 9.17) is 4.74 Å². The lowest BCUT2D eigenvalue weighted by Crippen LogP contribution is -2.41. The lowest BCUT2D eigenvalue weighted by molar-refractivity contribution is 0.0178. The van der Waals surface area contributed by atoms with E-state index in [0.717, 1.165) is 24.2 Å². The smallest absolute Gasteiger partial charge is 0.253 e. The Kier molecular flexibility index (Phi) is 7.39. The quantitative estimate of drug-likeness (QED) is 0.639. The summed E-state index contributed by atoms with van der Waals surface area (Å²) in [5.41, 5.74) is 1.34. The first kappa shape index (κ1) is 23.3. The first-order valence-corrected chi connectivity index (χ1v) is 12.0. The number of aryl methyl sites for hydroxylation is 2. The summed E-state index contributed by atoms with van der Waals surface area (Å²) in [6.45, 7) is 5.20. The molecule has 0 bridgehead atoms.